The third-order valence-electron chi connectivity index (χ3n) is 3.92. The quantitative estimate of drug-likeness (QED) is 0.888. The van der Waals surface area contributed by atoms with Crippen LogP contribution in [0.1, 0.15) is 26.2 Å². The summed E-state index contributed by atoms with van der Waals surface area (Å²) in [6.07, 6.45) is 5.39. The van der Waals surface area contributed by atoms with Crippen LogP contribution in [0.25, 0.3) is 0 Å². The first kappa shape index (κ1) is 11.5. The minimum absolute atomic E-state index is 0.115. The van der Waals surface area contributed by atoms with Gasteiger partial charge in [-0.2, -0.15) is 0 Å². The molecule has 18 heavy (non-hydrogen) atoms. The molecule has 2 atom stereocenters. The second kappa shape index (κ2) is 4.59. The van der Waals surface area contributed by atoms with E-state index in [1.165, 1.54) is 12.8 Å². The molecule has 0 radical (unpaired) electrons. The molecular formula is C14H19N3O. The summed E-state index contributed by atoms with van der Waals surface area (Å²) in [7, 11) is 0. The lowest BCUT2D eigenvalue weighted by Gasteiger charge is -2.17. The van der Waals surface area contributed by atoms with Crippen molar-refractivity contribution < 1.29 is 4.79 Å². The summed E-state index contributed by atoms with van der Waals surface area (Å²) in [5, 5.41) is 2.88. The molecule has 1 aliphatic heterocycles. The van der Waals surface area contributed by atoms with Gasteiger partial charge in [0.25, 0.3) is 0 Å². The molecule has 2 aliphatic rings. The number of hydrogen-bond acceptors (Lipinski definition) is 3. The Balaban J connectivity index is 1.62. The van der Waals surface area contributed by atoms with Crippen LogP contribution in [-0.2, 0) is 4.79 Å². The molecule has 0 bridgehead atoms. The third kappa shape index (κ3) is 2.33. The van der Waals surface area contributed by atoms with E-state index in [0.717, 1.165) is 25.2 Å². The number of amides is 1. The van der Waals surface area contributed by atoms with Gasteiger partial charge in [-0.1, -0.05) is 6.92 Å². The van der Waals surface area contributed by atoms with E-state index >= 15 is 0 Å². The van der Waals surface area contributed by atoms with Crippen LogP contribution in [0.3, 0.4) is 0 Å². The monoisotopic (exact) mass is 245 g/mol. The zero-order chi connectivity index (χ0) is 12.5. The normalized spacial score (nSPS) is 26.2. The number of rotatable bonds is 3. The Morgan fingerprint density at radius 1 is 1.39 bits per heavy atom. The number of carbonyl (C=O) groups is 1. The fourth-order valence-electron chi connectivity index (χ4n) is 2.53. The molecule has 1 aromatic rings. The lowest BCUT2D eigenvalue weighted by atomic mass is 10.3. The second-order valence-electron chi connectivity index (χ2n) is 5.40. The fraction of sp³-hybridized carbons (Fsp3) is 0.571. The Bertz CT molecular complexity index is 437. The third-order valence-corrected chi connectivity index (χ3v) is 3.92. The first-order valence-electron chi connectivity index (χ1n) is 6.76. The molecule has 1 amide bonds. The number of nitrogens with zero attached hydrogens (tertiary/aromatic N) is 2. The molecule has 0 spiro atoms. The van der Waals surface area contributed by atoms with Gasteiger partial charge in [-0.25, -0.2) is 4.98 Å². The van der Waals surface area contributed by atoms with Crippen molar-refractivity contribution in [1.82, 2.24) is 4.98 Å². The Morgan fingerprint density at radius 3 is 2.67 bits per heavy atom. The van der Waals surface area contributed by atoms with E-state index in [-0.39, 0.29) is 11.8 Å². The van der Waals surface area contributed by atoms with Gasteiger partial charge in [0, 0.05) is 19.0 Å². The first-order valence-corrected chi connectivity index (χ1v) is 6.76. The van der Waals surface area contributed by atoms with Crippen molar-refractivity contribution in [1.29, 1.82) is 0 Å². The van der Waals surface area contributed by atoms with Crippen LogP contribution in [-0.4, -0.2) is 24.0 Å². The summed E-state index contributed by atoms with van der Waals surface area (Å²) >= 11 is 0. The Morgan fingerprint density at radius 2 is 2.11 bits per heavy atom. The summed E-state index contributed by atoms with van der Waals surface area (Å²) in [5.74, 6) is 1.52. The molecule has 96 valence electrons. The van der Waals surface area contributed by atoms with Crippen molar-refractivity contribution in [3.63, 3.8) is 0 Å². The predicted molar refractivity (Wildman–Crippen MR) is 71.6 cm³/mol. The first-order chi connectivity index (χ1) is 8.74. The van der Waals surface area contributed by atoms with Gasteiger partial charge in [0.2, 0.25) is 5.91 Å². The minimum atomic E-state index is 0.115. The van der Waals surface area contributed by atoms with E-state index in [4.69, 9.17) is 0 Å². The Labute approximate surface area is 107 Å². The lowest BCUT2D eigenvalue weighted by Crippen LogP contribution is -2.18. The fourth-order valence-corrected chi connectivity index (χ4v) is 2.53. The predicted octanol–water partition coefficient (Wildman–Crippen LogP) is 2.28. The molecule has 4 nitrogen and oxygen atoms in total. The summed E-state index contributed by atoms with van der Waals surface area (Å²) < 4.78 is 0. The van der Waals surface area contributed by atoms with Crippen molar-refractivity contribution in [2.45, 2.75) is 26.2 Å². The molecule has 1 aromatic heterocycles. The van der Waals surface area contributed by atoms with Crippen molar-refractivity contribution in [3.8, 4) is 0 Å². The van der Waals surface area contributed by atoms with Gasteiger partial charge in [0.05, 0.1) is 11.9 Å². The molecule has 1 saturated carbocycles. The smallest absolute Gasteiger partial charge is 0.228 e. The van der Waals surface area contributed by atoms with E-state index in [2.05, 4.69) is 22.1 Å². The highest BCUT2D eigenvalue weighted by Gasteiger charge is 2.39. The highest BCUT2D eigenvalue weighted by Crippen LogP contribution is 2.38. The van der Waals surface area contributed by atoms with Crippen LogP contribution in [0.4, 0.5) is 11.5 Å². The summed E-state index contributed by atoms with van der Waals surface area (Å²) in [6, 6.07) is 3.95. The highest BCUT2D eigenvalue weighted by atomic mass is 16.2. The highest BCUT2D eigenvalue weighted by molar-refractivity contribution is 5.93. The number of anilines is 2. The molecular weight excluding hydrogens is 226 g/mol. The topological polar surface area (TPSA) is 45.2 Å². The number of nitrogens with one attached hydrogen (secondary N) is 1. The zero-order valence-electron chi connectivity index (χ0n) is 10.7. The Kier molecular flexibility index (Phi) is 2.94. The van der Waals surface area contributed by atoms with Gasteiger partial charge in [0.15, 0.2) is 0 Å². The maximum Gasteiger partial charge on any atom is 0.228 e. The standard InChI is InChI=1S/C14H19N3O/c1-10-8-12(10)14(18)16-13-5-4-11(9-15-13)17-6-2-3-7-17/h4-5,9-10,12H,2-3,6-8H2,1H3,(H,15,16,18). The molecule has 1 N–H and O–H groups in total. The Hall–Kier alpha value is -1.58. The molecule has 1 saturated heterocycles. The van der Waals surface area contributed by atoms with Gasteiger partial charge in [-0.15, -0.1) is 0 Å². The van der Waals surface area contributed by atoms with Gasteiger partial charge in [0.1, 0.15) is 5.82 Å². The van der Waals surface area contributed by atoms with Crippen LogP contribution in [0, 0.1) is 11.8 Å². The van der Waals surface area contributed by atoms with Crippen molar-refractivity contribution in [3.05, 3.63) is 18.3 Å². The van der Waals surface area contributed by atoms with E-state index in [1.807, 2.05) is 18.3 Å². The summed E-state index contributed by atoms with van der Waals surface area (Å²) in [5.41, 5.74) is 1.16. The van der Waals surface area contributed by atoms with Crippen LogP contribution in [0.2, 0.25) is 0 Å². The van der Waals surface area contributed by atoms with Crippen LogP contribution in [0.5, 0.6) is 0 Å². The second-order valence-corrected chi connectivity index (χ2v) is 5.40. The van der Waals surface area contributed by atoms with E-state index in [9.17, 15) is 4.79 Å². The number of pyridine rings is 1. The summed E-state index contributed by atoms with van der Waals surface area (Å²) in [4.78, 5) is 18.4. The van der Waals surface area contributed by atoms with Crippen LogP contribution in [0.15, 0.2) is 18.3 Å². The average molecular weight is 245 g/mol. The molecule has 2 unspecified atom stereocenters. The number of hydrogen-bond donors (Lipinski definition) is 1. The molecule has 2 fully saturated rings. The summed E-state index contributed by atoms with van der Waals surface area (Å²) in [6.45, 7) is 4.34. The van der Waals surface area contributed by atoms with Crippen LogP contribution < -0.4 is 10.2 Å². The molecule has 4 heteroatoms. The molecule has 3 rings (SSSR count). The van der Waals surface area contributed by atoms with Gasteiger partial charge < -0.3 is 10.2 Å². The molecule has 2 heterocycles. The van der Waals surface area contributed by atoms with Crippen molar-refractivity contribution >= 4 is 17.4 Å². The van der Waals surface area contributed by atoms with Crippen molar-refractivity contribution in [2.24, 2.45) is 11.8 Å². The molecule has 1 aliphatic carbocycles. The average Bonchev–Trinajstić information content (AvgIpc) is 2.91. The van der Waals surface area contributed by atoms with Crippen molar-refractivity contribution in [2.75, 3.05) is 23.3 Å². The van der Waals surface area contributed by atoms with Gasteiger partial charge in [-0.3, -0.25) is 4.79 Å². The van der Waals surface area contributed by atoms with E-state index in [1.54, 1.807) is 0 Å². The van der Waals surface area contributed by atoms with Gasteiger partial charge in [-0.05, 0) is 37.3 Å². The largest absolute Gasteiger partial charge is 0.370 e. The lowest BCUT2D eigenvalue weighted by molar-refractivity contribution is -0.117. The SMILES string of the molecule is CC1CC1C(=O)Nc1ccc(N2CCCC2)cn1. The maximum absolute atomic E-state index is 11.8. The number of carbonyl (C=O) groups excluding carboxylic acids is 1. The van der Waals surface area contributed by atoms with Crippen LogP contribution >= 0.6 is 0 Å². The van der Waals surface area contributed by atoms with E-state index < -0.39 is 0 Å². The minimum Gasteiger partial charge on any atom is -0.370 e. The van der Waals surface area contributed by atoms with Gasteiger partial charge >= 0.3 is 0 Å². The molecule has 0 aromatic carbocycles. The maximum atomic E-state index is 11.8. The zero-order valence-corrected chi connectivity index (χ0v) is 10.7. The number of aromatic nitrogens is 1. The van der Waals surface area contributed by atoms with E-state index in [0.29, 0.717) is 11.7 Å².